The van der Waals surface area contributed by atoms with Gasteiger partial charge in [-0.15, -0.1) is 0 Å². The second-order valence-corrected chi connectivity index (χ2v) is 14.5. The fourth-order valence-corrected chi connectivity index (χ4v) is 8.18. The molecule has 280 valence electrons. The van der Waals surface area contributed by atoms with Crippen LogP contribution >= 0.6 is 0 Å². The van der Waals surface area contributed by atoms with Gasteiger partial charge in [0.2, 0.25) is 5.72 Å². The van der Waals surface area contributed by atoms with Crippen molar-refractivity contribution in [2.24, 2.45) is 0 Å². The average molecular weight is 753 g/mol. The molecule has 4 aromatic carbocycles. The van der Waals surface area contributed by atoms with E-state index in [2.05, 4.69) is 36.9 Å². The molecule has 2 aliphatic rings. The fraction of sp³-hybridized carbons (Fsp3) is 0.244. The molecule has 2 aromatic heterocycles. The summed E-state index contributed by atoms with van der Waals surface area (Å²) in [4.78, 5) is 13.9. The number of rotatable bonds is 14. The van der Waals surface area contributed by atoms with E-state index in [1.807, 2.05) is 102 Å². The van der Waals surface area contributed by atoms with E-state index in [1.165, 1.54) is 5.56 Å². The van der Waals surface area contributed by atoms with E-state index in [1.54, 1.807) is 12.4 Å². The Balaban J connectivity index is 1.36. The second kappa shape index (κ2) is 16.0. The first-order chi connectivity index (χ1) is 27.0. The van der Waals surface area contributed by atoms with E-state index in [0.29, 0.717) is 40.8 Å². The number of nitrogens with zero attached hydrogens (tertiary/aromatic N) is 4. The lowest BCUT2D eigenvalue weighted by molar-refractivity contribution is 0.0650. The van der Waals surface area contributed by atoms with Gasteiger partial charge < -0.3 is 14.4 Å². The first-order valence-corrected chi connectivity index (χ1v) is 20.1. The van der Waals surface area contributed by atoms with Crippen molar-refractivity contribution >= 4 is 34.1 Å². The standard InChI is InChI=1S/C45H44N4O5S/c1-3-5-15-32-25-26-40-38(31-32)48(36-20-7-8-22-39(36)52-40)30-27-45(54-55(50)51,42-24-10-12-29-47-42)49-37-21-13-17-33(16-6-4-2)44(37)53-41-23-14-18-34(43(41)49)35-19-9-11-28-46-35/h7-14,17-26,28-29,31H,3-6,15-16,27,30H2,1-2H3,(H,50,51). The molecule has 2 aliphatic heterocycles. The van der Waals surface area contributed by atoms with Gasteiger partial charge in [-0.2, -0.15) is 4.21 Å². The zero-order chi connectivity index (χ0) is 37.8. The Hall–Kier alpha value is -5.55. The first kappa shape index (κ1) is 36.4. The van der Waals surface area contributed by atoms with Crippen LogP contribution in [0.15, 0.2) is 128 Å². The number of ether oxygens (including phenoxy) is 2. The lowest BCUT2D eigenvalue weighted by atomic mass is 9.94. The summed E-state index contributed by atoms with van der Waals surface area (Å²) in [6.45, 7) is 4.73. The molecule has 0 amide bonds. The molecule has 1 N–H and O–H groups in total. The van der Waals surface area contributed by atoms with Crippen molar-refractivity contribution < 1.29 is 22.4 Å². The molecular formula is C45H44N4O5S. The zero-order valence-electron chi connectivity index (χ0n) is 31.1. The van der Waals surface area contributed by atoms with Crippen LogP contribution in [0.4, 0.5) is 22.7 Å². The number of hydrogen-bond donors (Lipinski definition) is 1. The van der Waals surface area contributed by atoms with E-state index in [9.17, 15) is 8.76 Å². The number of pyridine rings is 2. The number of aromatic nitrogens is 2. The van der Waals surface area contributed by atoms with Gasteiger partial charge in [-0.1, -0.05) is 81.3 Å². The van der Waals surface area contributed by atoms with Gasteiger partial charge in [0.05, 0.1) is 34.1 Å². The van der Waals surface area contributed by atoms with Crippen LogP contribution in [-0.2, 0) is 34.1 Å². The summed E-state index contributed by atoms with van der Waals surface area (Å²) in [5, 5.41) is 0. The number of unbranched alkanes of at least 4 members (excludes halogenated alkanes) is 2. The van der Waals surface area contributed by atoms with Crippen LogP contribution in [0.3, 0.4) is 0 Å². The number of fused-ring (bicyclic) bond motifs is 4. The monoisotopic (exact) mass is 752 g/mol. The van der Waals surface area contributed by atoms with E-state index < -0.39 is 17.1 Å². The summed E-state index contributed by atoms with van der Waals surface area (Å²) in [7, 11) is 0. The molecule has 0 radical (unpaired) electrons. The Labute approximate surface area is 325 Å². The van der Waals surface area contributed by atoms with Gasteiger partial charge in [-0.3, -0.25) is 19.4 Å². The highest BCUT2D eigenvalue weighted by Crippen LogP contribution is 2.58. The van der Waals surface area contributed by atoms with E-state index in [0.717, 1.165) is 72.5 Å². The van der Waals surface area contributed by atoms with Crippen molar-refractivity contribution in [2.75, 3.05) is 16.3 Å². The highest BCUT2D eigenvalue weighted by molar-refractivity contribution is 7.74. The van der Waals surface area contributed by atoms with Gasteiger partial charge in [0.25, 0.3) is 0 Å². The lowest BCUT2D eigenvalue weighted by Gasteiger charge is -2.47. The quantitative estimate of drug-likeness (QED) is 0.109. The molecule has 0 saturated carbocycles. The average Bonchev–Trinajstić information content (AvgIpc) is 3.22. The van der Waals surface area contributed by atoms with Crippen molar-refractivity contribution in [2.45, 2.75) is 64.5 Å². The van der Waals surface area contributed by atoms with Gasteiger partial charge in [0.1, 0.15) is 0 Å². The Morgan fingerprint density at radius 2 is 1.45 bits per heavy atom. The summed E-state index contributed by atoms with van der Waals surface area (Å²) in [6, 6.07) is 37.7. The number of anilines is 4. The van der Waals surface area contributed by atoms with Crippen LogP contribution in [0.1, 0.15) is 62.8 Å². The largest absolute Gasteiger partial charge is 0.453 e. The minimum atomic E-state index is -2.74. The van der Waals surface area contributed by atoms with E-state index >= 15 is 0 Å². The maximum atomic E-state index is 13.4. The van der Waals surface area contributed by atoms with Crippen molar-refractivity contribution in [3.63, 3.8) is 0 Å². The Bertz CT molecular complexity index is 2310. The normalized spacial score (nSPS) is 14.4. The minimum Gasteiger partial charge on any atom is -0.453 e. The van der Waals surface area contributed by atoms with Gasteiger partial charge >= 0.3 is 11.4 Å². The molecule has 4 heterocycles. The number of aryl methyl sites for hydroxylation is 2. The SMILES string of the molecule is CCCCc1ccc2c(c1)N(CCC(OS(=O)O)(c1ccccn1)N1c3cccc(CCCC)c3Oc3cccc(-c4ccccn4)c31)c1ccccc1O2. The van der Waals surface area contributed by atoms with Crippen LogP contribution in [0.2, 0.25) is 0 Å². The van der Waals surface area contributed by atoms with Gasteiger partial charge in [0, 0.05) is 30.9 Å². The molecule has 10 heteroatoms. The van der Waals surface area contributed by atoms with Crippen LogP contribution in [-0.4, -0.2) is 25.3 Å². The lowest BCUT2D eigenvalue weighted by Crippen LogP contribution is -2.50. The van der Waals surface area contributed by atoms with Crippen LogP contribution in [0, 0.1) is 0 Å². The maximum absolute atomic E-state index is 13.4. The molecule has 0 saturated heterocycles. The van der Waals surface area contributed by atoms with E-state index in [4.69, 9.17) is 23.6 Å². The molecule has 55 heavy (non-hydrogen) atoms. The molecule has 0 spiro atoms. The number of hydrogen-bond acceptors (Lipinski definition) is 8. The predicted octanol–water partition coefficient (Wildman–Crippen LogP) is 11.4. The topological polar surface area (TPSA) is 97.2 Å². The molecule has 2 atom stereocenters. The third-order valence-corrected chi connectivity index (χ3v) is 10.7. The maximum Gasteiger partial charge on any atom is 0.304 e. The molecule has 0 bridgehead atoms. The minimum absolute atomic E-state index is 0.192. The summed E-state index contributed by atoms with van der Waals surface area (Å²) in [6.07, 6.45) is 9.54. The summed E-state index contributed by atoms with van der Waals surface area (Å²) < 4.78 is 44.1. The van der Waals surface area contributed by atoms with Crippen molar-refractivity contribution in [1.82, 2.24) is 9.97 Å². The third kappa shape index (κ3) is 7.09. The van der Waals surface area contributed by atoms with E-state index in [-0.39, 0.29) is 6.42 Å². The predicted molar refractivity (Wildman–Crippen MR) is 218 cm³/mol. The molecule has 2 unspecified atom stereocenters. The molecule has 8 rings (SSSR count). The molecular weight excluding hydrogens is 709 g/mol. The molecule has 0 fully saturated rings. The Kier molecular flexibility index (Phi) is 10.6. The highest BCUT2D eigenvalue weighted by Gasteiger charge is 2.49. The van der Waals surface area contributed by atoms with Gasteiger partial charge in [-0.25, -0.2) is 4.18 Å². The van der Waals surface area contributed by atoms with Crippen molar-refractivity contribution in [3.8, 4) is 34.3 Å². The molecule has 9 nitrogen and oxygen atoms in total. The van der Waals surface area contributed by atoms with Crippen molar-refractivity contribution in [3.05, 3.63) is 144 Å². The van der Waals surface area contributed by atoms with Crippen molar-refractivity contribution in [1.29, 1.82) is 0 Å². The van der Waals surface area contributed by atoms with Gasteiger partial charge in [-0.05, 0) is 97.5 Å². The smallest absolute Gasteiger partial charge is 0.304 e. The highest BCUT2D eigenvalue weighted by atomic mass is 32.2. The van der Waals surface area contributed by atoms with Crippen LogP contribution in [0.25, 0.3) is 11.3 Å². The summed E-state index contributed by atoms with van der Waals surface area (Å²) >= 11 is -2.74. The second-order valence-electron chi connectivity index (χ2n) is 13.9. The number of benzene rings is 4. The molecule has 6 aromatic rings. The fourth-order valence-electron chi connectivity index (χ4n) is 7.70. The summed E-state index contributed by atoms with van der Waals surface area (Å²) in [5.41, 5.74) is 5.73. The zero-order valence-corrected chi connectivity index (χ0v) is 31.9. The van der Waals surface area contributed by atoms with Gasteiger partial charge in [0.15, 0.2) is 23.0 Å². The summed E-state index contributed by atoms with van der Waals surface area (Å²) in [5.74, 6) is 2.73. The molecule has 0 aliphatic carbocycles. The van der Waals surface area contributed by atoms with Crippen LogP contribution < -0.4 is 19.3 Å². The Morgan fingerprint density at radius 1 is 0.727 bits per heavy atom. The Morgan fingerprint density at radius 3 is 2.24 bits per heavy atom. The van der Waals surface area contributed by atoms with Crippen LogP contribution in [0.5, 0.6) is 23.0 Å². The first-order valence-electron chi connectivity index (χ1n) is 19.0. The number of para-hydroxylation sites is 4. The third-order valence-electron chi connectivity index (χ3n) is 10.3.